The first-order chi connectivity index (χ1) is 7.25. The molecule has 0 aromatic rings. The van der Waals surface area contributed by atoms with Crippen LogP contribution in [0.2, 0.25) is 0 Å². The van der Waals surface area contributed by atoms with E-state index in [4.69, 9.17) is 10.5 Å². The maximum Gasteiger partial charge on any atom is 0.191 e. The van der Waals surface area contributed by atoms with Crippen molar-refractivity contribution in [2.45, 2.75) is 52.4 Å². The third-order valence-electron chi connectivity index (χ3n) is 3.31. The van der Waals surface area contributed by atoms with Crippen molar-refractivity contribution in [3.8, 4) is 0 Å². The quantitative estimate of drug-likeness (QED) is 0.586. The standard InChI is InChI=1S/C12H25N3O/c1-8(2)16-10-7-9(12(10,3)4)14-11(13)15(5)6/h8-10H,7H2,1-6H3,(H2,13,14)/t9-,10+/m0/s1. The van der Waals surface area contributed by atoms with E-state index in [0.29, 0.717) is 12.1 Å². The van der Waals surface area contributed by atoms with Gasteiger partial charge in [-0.3, -0.25) is 0 Å². The minimum Gasteiger partial charge on any atom is -0.375 e. The molecule has 0 aliphatic heterocycles. The van der Waals surface area contributed by atoms with E-state index < -0.39 is 0 Å². The first-order valence-corrected chi connectivity index (χ1v) is 5.91. The van der Waals surface area contributed by atoms with E-state index in [1.165, 1.54) is 0 Å². The molecule has 0 heterocycles. The molecule has 0 radical (unpaired) electrons. The Morgan fingerprint density at radius 1 is 1.44 bits per heavy atom. The Morgan fingerprint density at radius 3 is 2.38 bits per heavy atom. The molecular formula is C12H25N3O. The Morgan fingerprint density at radius 2 is 2.00 bits per heavy atom. The van der Waals surface area contributed by atoms with Crippen LogP contribution in [0.25, 0.3) is 0 Å². The molecule has 0 aromatic carbocycles. The van der Waals surface area contributed by atoms with Gasteiger partial charge in [-0.05, 0) is 20.3 Å². The van der Waals surface area contributed by atoms with Crippen LogP contribution in [-0.2, 0) is 4.74 Å². The molecule has 1 rings (SSSR count). The second-order valence-corrected chi connectivity index (χ2v) is 5.63. The molecule has 16 heavy (non-hydrogen) atoms. The van der Waals surface area contributed by atoms with Crippen LogP contribution in [0.4, 0.5) is 0 Å². The van der Waals surface area contributed by atoms with Gasteiger partial charge in [-0.15, -0.1) is 0 Å². The highest BCUT2D eigenvalue weighted by Gasteiger charge is 2.49. The average molecular weight is 227 g/mol. The largest absolute Gasteiger partial charge is 0.375 e. The lowest BCUT2D eigenvalue weighted by molar-refractivity contribution is -0.129. The number of aliphatic imine (C=N–C) groups is 1. The number of nitrogens with two attached hydrogens (primary N) is 1. The number of hydrogen-bond acceptors (Lipinski definition) is 2. The minimum absolute atomic E-state index is 0.0882. The van der Waals surface area contributed by atoms with Crippen molar-refractivity contribution in [2.75, 3.05) is 14.1 Å². The van der Waals surface area contributed by atoms with Gasteiger partial charge in [-0.2, -0.15) is 0 Å². The summed E-state index contributed by atoms with van der Waals surface area (Å²) in [4.78, 5) is 6.37. The molecule has 2 atom stereocenters. The van der Waals surface area contributed by atoms with Crippen LogP contribution in [0.15, 0.2) is 4.99 Å². The molecule has 0 spiro atoms. The molecular weight excluding hydrogens is 202 g/mol. The highest BCUT2D eigenvalue weighted by Crippen LogP contribution is 2.45. The molecule has 94 valence electrons. The summed E-state index contributed by atoms with van der Waals surface area (Å²) >= 11 is 0. The molecule has 0 unspecified atom stereocenters. The average Bonchev–Trinajstić information content (AvgIpc) is 2.15. The normalized spacial score (nSPS) is 29.1. The number of hydrogen-bond donors (Lipinski definition) is 1. The molecule has 4 nitrogen and oxygen atoms in total. The summed E-state index contributed by atoms with van der Waals surface area (Å²) in [6.07, 6.45) is 1.55. The fourth-order valence-corrected chi connectivity index (χ4v) is 1.92. The van der Waals surface area contributed by atoms with Gasteiger partial charge in [0.2, 0.25) is 0 Å². The monoisotopic (exact) mass is 227 g/mol. The molecule has 1 aliphatic carbocycles. The lowest BCUT2D eigenvalue weighted by Crippen LogP contribution is -2.55. The lowest BCUT2D eigenvalue weighted by Gasteiger charge is -2.50. The van der Waals surface area contributed by atoms with E-state index in [1.54, 1.807) is 0 Å². The zero-order chi connectivity index (χ0) is 12.5. The highest BCUT2D eigenvalue weighted by atomic mass is 16.5. The van der Waals surface area contributed by atoms with E-state index in [1.807, 2.05) is 19.0 Å². The van der Waals surface area contributed by atoms with Gasteiger partial charge in [-0.25, -0.2) is 4.99 Å². The fraction of sp³-hybridized carbons (Fsp3) is 0.917. The molecule has 1 aliphatic rings. The van der Waals surface area contributed by atoms with E-state index in [0.717, 1.165) is 6.42 Å². The first-order valence-electron chi connectivity index (χ1n) is 5.91. The zero-order valence-corrected chi connectivity index (χ0v) is 11.3. The van der Waals surface area contributed by atoms with Crippen molar-refractivity contribution in [1.82, 2.24) is 4.90 Å². The van der Waals surface area contributed by atoms with Gasteiger partial charge < -0.3 is 15.4 Å². The highest BCUT2D eigenvalue weighted by molar-refractivity contribution is 5.77. The Kier molecular flexibility index (Phi) is 3.84. The Hall–Kier alpha value is -0.770. The molecule has 2 N–H and O–H groups in total. The van der Waals surface area contributed by atoms with Crippen molar-refractivity contribution >= 4 is 5.96 Å². The van der Waals surface area contributed by atoms with Crippen molar-refractivity contribution in [3.05, 3.63) is 0 Å². The van der Waals surface area contributed by atoms with Crippen LogP contribution < -0.4 is 5.73 Å². The van der Waals surface area contributed by atoms with E-state index in [-0.39, 0.29) is 17.6 Å². The summed E-state index contributed by atoms with van der Waals surface area (Å²) in [5, 5.41) is 0. The van der Waals surface area contributed by atoms with Crippen molar-refractivity contribution in [1.29, 1.82) is 0 Å². The van der Waals surface area contributed by atoms with Gasteiger partial charge >= 0.3 is 0 Å². The van der Waals surface area contributed by atoms with Crippen LogP contribution in [0, 0.1) is 5.41 Å². The summed E-state index contributed by atoms with van der Waals surface area (Å²) < 4.78 is 5.85. The summed E-state index contributed by atoms with van der Waals surface area (Å²) in [5.74, 6) is 0.598. The van der Waals surface area contributed by atoms with Crippen LogP contribution in [0.5, 0.6) is 0 Å². The van der Waals surface area contributed by atoms with Gasteiger partial charge in [0.1, 0.15) is 0 Å². The molecule has 0 bridgehead atoms. The summed E-state index contributed by atoms with van der Waals surface area (Å²) in [6.45, 7) is 8.53. The second-order valence-electron chi connectivity index (χ2n) is 5.63. The number of ether oxygens (including phenoxy) is 1. The Labute approximate surface area is 98.9 Å². The number of guanidine groups is 1. The maximum atomic E-state index is 5.85. The van der Waals surface area contributed by atoms with Gasteiger partial charge in [0.05, 0.1) is 18.2 Å². The summed E-state index contributed by atoms with van der Waals surface area (Å²) in [6, 6.07) is 0.277. The van der Waals surface area contributed by atoms with E-state index >= 15 is 0 Å². The molecule has 0 saturated heterocycles. The third kappa shape index (κ3) is 2.67. The van der Waals surface area contributed by atoms with Crippen molar-refractivity contribution in [3.63, 3.8) is 0 Å². The Balaban J connectivity index is 2.60. The smallest absolute Gasteiger partial charge is 0.191 e. The molecule has 0 aromatic heterocycles. The first kappa shape index (κ1) is 13.3. The van der Waals surface area contributed by atoms with Crippen LogP contribution >= 0.6 is 0 Å². The van der Waals surface area contributed by atoms with Gasteiger partial charge in [-0.1, -0.05) is 13.8 Å². The fourth-order valence-electron chi connectivity index (χ4n) is 1.92. The predicted molar refractivity (Wildman–Crippen MR) is 67.5 cm³/mol. The van der Waals surface area contributed by atoms with Crippen molar-refractivity contribution < 1.29 is 4.74 Å². The van der Waals surface area contributed by atoms with E-state index in [2.05, 4.69) is 32.7 Å². The molecule has 4 heteroatoms. The number of rotatable bonds is 3. The van der Waals surface area contributed by atoms with Gasteiger partial charge in [0.15, 0.2) is 5.96 Å². The van der Waals surface area contributed by atoms with Crippen LogP contribution in [-0.4, -0.2) is 43.2 Å². The number of nitrogens with zero attached hydrogens (tertiary/aromatic N) is 2. The predicted octanol–water partition coefficient (Wildman–Crippen LogP) is 1.45. The molecule has 1 fully saturated rings. The van der Waals surface area contributed by atoms with Crippen LogP contribution in [0.3, 0.4) is 0 Å². The van der Waals surface area contributed by atoms with E-state index in [9.17, 15) is 0 Å². The summed E-state index contributed by atoms with van der Waals surface area (Å²) in [5.41, 5.74) is 5.92. The lowest BCUT2D eigenvalue weighted by atomic mass is 9.64. The zero-order valence-electron chi connectivity index (χ0n) is 11.3. The third-order valence-corrected chi connectivity index (χ3v) is 3.31. The van der Waals surface area contributed by atoms with Gasteiger partial charge in [0, 0.05) is 19.5 Å². The molecule has 1 saturated carbocycles. The Bertz CT molecular complexity index is 271. The SMILES string of the molecule is CC(C)O[C@@H]1C[C@H](N=C(N)N(C)C)C1(C)C. The van der Waals surface area contributed by atoms with Gasteiger partial charge in [0.25, 0.3) is 0 Å². The second kappa shape index (κ2) is 4.62. The topological polar surface area (TPSA) is 50.9 Å². The minimum atomic E-state index is 0.0882. The summed E-state index contributed by atoms with van der Waals surface area (Å²) in [7, 11) is 3.82. The van der Waals surface area contributed by atoms with Crippen molar-refractivity contribution in [2.24, 2.45) is 16.1 Å². The maximum absolute atomic E-state index is 5.85. The molecule has 0 amide bonds. The van der Waals surface area contributed by atoms with Crippen LogP contribution in [0.1, 0.15) is 34.1 Å².